The smallest absolute Gasteiger partial charge is 0.00701 e. The number of hydrogen-bond acceptors (Lipinski definition) is 1. The summed E-state index contributed by atoms with van der Waals surface area (Å²) < 4.78 is 0. The molecule has 3 fully saturated rings. The molecule has 0 amide bonds. The van der Waals surface area contributed by atoms with Crippen LogP contribution in [0.15, 0.2) is 0 Å². The lowest BCUT2D eigenvalue weighted by Gasteiger charge is -2.37. The van der Waals surface area contributed by atoms with Crippen LogP contribution in [0.25, 0.3) is 0 Å². The molecule has 3 aliphatic rings. The maximum atomic E-state index is 6.58. The quantitative estimate of drug-likeness (QED) is 0.796. The Kier molecular flexibility index (Phi) is 3.71. The lowest BCUT2D eigenvalue weighted by atomic mass is 9.71. The minimum atomic E-state index is 0.500. The van der Waals surface area contributed by atoms with Gasteiger partial charge in [0.25, 0.3) is 0 Å². The first-order valence-corrected chi connectivity index (χ1v) is 8.37. The molecule has 6 unspecified atom stereocenters. The third-order valence-electron chi connectivity index (χ3n) is 6.28. The fourth-order valence-corrected chi connectivity index (χ4v) is 5.57. The topological polar surface area (TPSA) is 26.0 Å². The Bertz CT molecular complexity index is 277. The Morgan fingerprint density at radius 1 is 0.944 bits per heavy atom. The van der Waals surface area contributed by atoms with Gasteiger partial charge in [-0.05, 0) is 80.5 Å². The molecule has 18 heavy (non-hydrogen) atoms. The van der Waals surface area contributed by atoms with Crippen LogP contribution in [0.3, 0.4) is 0 Å². The van der Waals surface area contributed by atoms with E-state index in [-0.39, 0.29) is 0 Å². The van der Waals surface area contributed by atoms with Gasteiger partial charge in [0.15, 0.2) is 0 Å². The van der Waals surface area contributed by atoms with Crippen LogP contribution < -0.4 is 5.73 Å². The highest BCUT2D eigenvalue weighted by atomic mass is 14.7. The lowest BCUT2D eigenvalue weighted by Crippen LogP contribution is -2.37. The third kappa shape index (κ3) is 2.61. The number of rotatable bonds is 3. The van der Waals surface area contributed by atoms with E-state index in [0.717, 1.165) is 35.5 Å². The Hall–Kier alpha value is -0.0400. The molecule has 0 aliphatic heterocycles. The standard InChI is InChI=1S/C17H31N/c1-11-5-12(2)7-16(6-11)17(18)10-15-9-13-3-4-14(15)8-13/h11-17H,3-10,18H2,1-2H3. The van der Waals surface area contributed by atoms with Gasteiger partial charge in [-0.1, -0.05) is 20.3 Å². The summed E-state index contributed by atoms with van der Waals surface area (Å²) >= 11 is 0. The van der Waals surface area contributed by atoms with E-state index >= 15 is 0 Å². The van der Waals surface area contributed by atoms with Crippen molar-refractivity contribution in [3.8, 4) is 0 Å². The van der Waals surface area contributed by atoms with E-state index in [9.17, 15) is 0 Å². The fraction of sp³-hybridized carbons (Fsp3) is 1.00. The summed E-state index contributed by atoms with van der Waals surface area (Å²) in [4.78, 5) is 0. The molecule has 0 saturated heterocycles. The van der Waals surface area contributed by atoms with Gasteiger partial charge in [0.1, 0.15) is 0 Å². The molecule has 3 aliphatic carbocycles. The molecular formula is C17H31N. The second-order valence-corrected chi connectivity index (χ2v) is 8.01. The largest absolute Gasteiger partial charge is 0.327 e. The van der Waals surface area contributed by atoms with Crippen LogP contribution in [0, 0.1) is 35.5 Å². The first-order valence-electron chi connectivity index (χ1n) is 8.37. The molecule has 0 aromatic carbocycles. The first-order chi connectivity index (χ1) is 8.61. The second-order valence-electron chi connectivity index (χ2n) is 8.01. The van der Waals surface area contributed by atoms with Gasteiger partial charge >= 0.3 is 0 Å². The molecule has 0 radical (unpaired) electrons. The Morgan fingerprint density at radius 3 is 2.22 bits per heavy atom. The van der Waals surface area contributed by atoms with Crippen molar-refractivity contribution in [3.63, 3.8) is 0 Å². The second kappa shape index (κ2) is 5.15. The summed E-state index contributed by atoms with van der Waals surface area (Å²) in [6, 6.07) is 0.500. The summed E-state index contributed by atoms with van der Waals surface area (Å²) in [7, 11) is 0. The molecule has 1 nitrogen and oxygen atoms in total. The normalized spacial score (nSPS) is 49.5. The van der Waals surface area contributed by atoms with E-state index in [1.807, 2.05) is 0 Å². The van der Waals surface area contributed by atoms with Gasteiger partial charge in [-0.3, -0.25) is 0 Å². The molecule has 3 rings (SSSR count). The molecule has 6 atom stereocenters. The minimum Gasteiger partial charge on any atom is -0.327 e. The lowest BCUT2D eigenvalue weighted by molar-refractivity contribution is 0.168. The molecule has 2 N–H and O–H groups in total. The average molecular weight is 249 g/mol. The molecule has 0 heterocycles. The van der Waals surface area contributed by atoms with Crippen LogP contribution in [-0.4, -0.2) is 6.04 Å². The number of hydrogen-bond donors (Lipinski definition) is 1. The molecule has 2 bridgehead atoms. The molecular weight excluding hydrogens is 218 g/mol. The molecule has 3 saturated carbocycles. The number of nitrogens with two attached hydrogens (primary N) is 1. The highest BCUT2D eigenvalue weighted by Crippen LogP contribution is 2.50. The summed E-state index contributed by atoms with van der Waals surface area (Å²) in [5.74, 6) is 5.76. The van der Waals surface area contributed by atoms with Crippen molar-refractivity contribution >= 4 is 0 Å². The van der Waals surface area contributed by atoms with Gasteiger partial charge in [-0.15, -0.1) is 0 Å². The van der Waals surface area contributed by atoms with Crippen LogP contribution in [0.5, 0.6) is 0 Å². The first kappa shape index (κ1) is 13.0. The van der Waals surface area contributed by atoms with E-state index in [4.69, 9.17) is 5.73 Å². The zero-order valence-electron chi connectivity index (χ0n) is 12.3. The highest BCUT2D eigenvalue weighted by Gasteiger charge is 2.41. The van der Waals surface area contributed by atoms with Crippen LogP contribution >= 0.6 is 0 Å². The van der Waals surface area contributed by atoms with Crippen molar-refractivity contribution in [3.05, 3.63) is 0 Å². The molecule has 0 aromatic heterocycles. The van der Waals surface area contributed by atoms with Crippen LogP contribution in [0.2, 0.25) is 0 Å². The van der Waals surface area contributed by atoms with E-state index in [2.05, 4.69) is 13.8 Å². The van der Waals surface area contributed by atoms with Gasteiger partial charge < -0.3 is 5.73 Å². The van der Waals surface area contributed by atoms with Gasteiger partial charge in [0.2, 0.25) is 0 Å². The molecule has 0 aromatic rings. The Balaban J connectivity index is 1.53. The van der Waals surface area contributed by atoms with Crippen molar-refractivity contribution in [1.82, 2.24) is 0 Å². The number of fused-ring (bicyclic) bond motifs is 2. The molecule has 1 heteroatoms. The van der Waals surface area contributed by atoms with Crippen LogP contribution in [-0.2, 0) is 0 Å². The maximum absolute atomic E-state index is 6.58. The summed E-state index contributed by atoms with van der Waals surface area (Å²) in [6.45, 7) is 4.85. The van der Waals surface area contributed by atoms with E-state index in [1.54, 1.807) is 0 Å². The predicted molar refractivity (Wildman–Crippen MR) is 77.2 cm³/mol. The highest BCUT2D eigenvalue weighted by molar-refractivity contribution is 4.93. The third-order valence-corrected chi connectivity index (χ3v) is 6.28. The molecule has 0 spiro atoms. The molecule has 104 valence electrons. The zero-order chi connectivity index (χ0) is 12.7. The zero-order valence-corrected chi connectivity index (χ0v) is 12.3. The van der Waals surface area contributed by atoms with Crippen molar-refractivity contribution in [2.24, 2.45) is 41.2 Å². The van der Waals surface area contributed by atoms with Gasteiger partial charge in [-0.25, -0.2) is 0 Å². The fourth-order valence-electron chi connectivity index (χ4n) is 5.57. The van der Waals surface area contributed by atoms with Gasteiger partial charge in [0, 0.05) is 6.04 Å². The monoisotopic (exact) mass is 249 g/mol. The van der Waals surface area contributed by atoms with Crippen LogP contribution in [0.1, 0.15) is 65.2 Å². The van der Waals surface area contributed by atoms with Gasteiger partial charge in [0.05, 0.1) is 0 Å². The minimum absolute atomic E-state index is 0.500. The Morgan fingerprint density at radius 2 is 1.67 bits per heavy atom. The van der Waals surface area contributed by atoms with E-state index in [1.165, 1.54) is 51.4 Å². The van der Waals surface area contributed by atoms with Crippen molar-refractivity contribution in [2.45, 2.75) is 71.3 Å². The Labute approximate surface area is 113 Å². The average Bonchev–Trinajstić information content (AvgIpc) is 2.89. The van der Waals surface area contributed by atoms with Crippen molar-refractivity contribution < 1.29 is 0 Å². The SMILES string of the molecule is CC1CC(C)CC(C(N)CC2CC3CCC2C3)C1. The van der Waals surface area contributed by atoms with Crippen molar-refractivity contribution in [1.29, 1.82) is 0 Å². The summed E-state index contributed by atoms with van der Waals surface area (Å²) in [5.41, 5.74) is 6.58. The summed E-state index contributed by atoms with van der Waals surface area (Å²) in [6.07, 6.45) is 11.6. The van der Waals surface area contributed by atoms with E-state index < -0.39 is 0 Å². The summed E-state index contributed by atoms with van der Waals surface area (Å²) in [5, 5.41) is 0. The van der Waals surface area contributed by atoms with Gasteiger partial charge in [-0.2, -0.15) is 0 Å². The maximum Gasteiger partial charge on any atom is 0.00701 e. The van der Waals surface area contributed by atoms with Crippen molar-refractivity contribution in [2.75, 3.05) is 0 Å². The van der Waals surface area contributed by atoms with Crippen LogP contribution in [0.4, 0.5) is 0 Å². The van der Waals surface area contributed by atoms with E-state index in [0.29, 0.717) is 6.04 Å². The predicted octanol–water partition coefficient (Wildman–Crippen LogP) is 4.21.